The number of carbonyl (C=O) groups is 2. The van der Waals surface area contributed by atoms with Gasteiger partial charge in [0.25, 0.3) is 0 Å². The Hall–Kier alpha value is -0.0600. The summed E-state index contributed by atoms with van der Waals surface area (Å²) >= 11 is 0. The Bertz CT molecular complexity index is 298. The van der Waals surface area contributed by atoms with E-state index in [-0.39, 0.29) is 35.5 Å². The molecule has 0 aromatic carbocycles. The van der Waals surface area contributed by atoms with Gasteiger partial charge in [0.05, 0.1) is 7.11 Å². The van der Waals surface area contributed by atoms with Gasteiger partial charge in [0.2, 0.25) is 5.91 Å². The second-order valence-electron chi connectivity index (χ2n) is 6.10. The van der Waals surface area contributed by atoms with Gasteiger partial charge in [-0.05, 0) is 13.3 Å². The maximum atomic E-state index is 11.6. The van der Waals surface area contributed by atoms with E-state index in [1.54, 1.807) is 6.92 Å². The molecular formula is C18H36NNaO3. The van der Waals surface area contributed by atoms with Gasteiger partial charge in [-0.1, -0.05) is 71.1 Å². The standard InChI is InChI=1S/C18H35NO3.Na.H/c1-4-5-6-7-8-9-10-11-12-13-14-15-17(20)19-16(2)18(21)22-3;;/h16H,4-15H2,1-3H3,(H,19,20);;/t16-;;/m0../s1. The molecule has 0 aromatic rings. The second-order valence-corrected chi connectivity index (χ2v) is 6.10. The van der Waals surface area contributed by atoms with Crippen molar-refractivity contribution in [2.45, 2.75) is 96.9 Å². The fourth-order valence-electron chi connectivity index (χ4n) is 2.50. The molecule has 1 amide bonds. The topological polar surface area (TPSA) is 55.4 Å². The van der Waals surface area contributed by atoms with Crippen molar-refractivity contribution < 1.29 is 14.3 Å². The van der Waals surface area contributed by atoms with Crippen molar-refractivity contribution in [3.8, 4) is 0 Å². The molecule has 0 saturated heterocycles. The zero-order chi connectivity index (χ0) is 16.6. The van der Waals surface area contributed by atoms with E-state index in [9.17, 15) is 9.59 Å². The summed E-state index contributed by atoms with van der Waals surface area (Å²) in [4.78, 5) is 22.8. The molecule has 0 heterocycles. The fourth-order valence-corrected chi connectivity index (χ4v) is 2.50. The van der Waals surface area contributed by atoms with Gasteiger partial charge in [-0.3, -0.25) is 4.79 Å². The number of methoxy groups -OCH3 is 1. The van der Waals surface area contributed by atoms with Crippen LogP contribution in [-0.4, -0.2) is 54.6 Å². The van der Waals surface area contributed by atoms with Crippen LogP contribution in [0.25, 0.3) is 0 Å². The van der Waals surface area contributed by atoms with Gasteiger partial charge in [0.15, 0.2) is 0 Å². The number of amides is 1. The van der Waals surface area contributed by atoms with Crippen LogP contribution in [0.3, 0.4) is 0 Å². The number of hydrogen-bond acceptors (Lipinski definition) is 3. The average molecular weight is 337 g/mol. The Balaban J connectivity index is 0. The summed E-state index contributed by atoms with van der Waals surface area (Å²) < 4.78 is 4.57. The van der Waals surface area contributed by atoms with Crippen LogP contribution in [0.1, 0.15) is 90.9 Å². The Morgan fingerprint density at radius 2 is 1.30 bits per heavy atom. The van der Waals surface area contributed by atoms with E-state index in [1.807, 2.05) is 0 Å². The molecule has 0 aliphatic carbocycles. The van der Waals surface area contributed by atoms with E-state index in [0.717, 1.165) is 12.8 Å². The molecule has 0 aliphatic rings. The van der Waals surface area contributed by atoms with Crippen molar-refractivity contribution in [1.29, 1.82) is 0 Å². The minimum atomic E-state index is -0.551. The maximum absolute atomic E-state index is 11.6. The average Bonchev–Trinajstić information content (AvgIpc) is 2.51. The van der Waals surface area contributed by atoms with Gasteiger partial charge in [-0.2, -0.15) is 0 Å². The third-order valence-electron chi connectivity index (χ3n) is 3.94. The van der Waals surface area contributed by atoms with Crippen LogP contribution in [-0.2, 0) is 14.3 Å². The van der Waals surface area contributed by atoms with Crippen LogP contribution in [0.15, 0.2) is 0 Å². The molecule has 0 radical (unpaired) electrons. The van der Waals surface area contributed by atoms with Gasteiger partial charge >= 0.3 is 35.5 Å². The number of unbranched alkanes of at least 4 members (excludes halogenated alkanes) is 10. The zero-order valence-electron chi connectivity index (χ0n) is 14.8. The van der Waals surface area contributed by atoms with E-state index < -0.39 is 12.0 Å². The summed E-state index contributed by atoms with van der Waals surface area (Å²) in [5.41, 5.74) is 0. The molecule has 4 nitrogen and oxygen atoms in total. The van der Waals surface area contributed by atoms with Gasteiger partial charge in [0.1, 0.15) is 6.04 Å². The minimum absolute atomic E-state index is 0. The summed E-state index contributed by atoms with van der Waals surface area (Å²) in [7, 11) is 1.33. The van der Waals surface area contributed by atoms with E-state index in [4.69, 9.17) is 0 Å². The molecule has 23 heavy (non-hydrogen) atoms. The van der Waals surface area contributed by atoms with Crippen molar-refractivity contribution in [1.82, 2.24) is 5.32 Å². The Kier molecular flexibility index (Phi) is 20.0. The number of nitrogens with one attached hydrogen (secondary N) is 1. The van der Waals surface area contributed by atoms with Crippen molar-refractivity contribution in [2.75, 3.05) is 7.11 Å². The third-order valence-corrected chi connectivity index (χ3v) is 3.94. The Morgan fingerprint density at radius 1 is 0.870 bits per heavy atom. The van der Waals surface area contributed by atoms with E-state index in [2.05, 4.69) is 17.0 Å². The zero-order valence-corrected chi connectivity index (χ0v) is 14.8. The van der Waals surface area contributed by atoms with Crippen LogP contribution in [0.4, 0.5) is 0 Å². The summed E-state index contributed by atoms with van der Waals surface area (Å²) in [6, 6.07) is -0.551. The molecule has 132 valence electrons. The molecule has 0 saturated carbocycles. The van der Waals surface area contributed by atoms with Crippen LogP contribution in [0.2, 0.25) is 0 Å². The molecular weight excluding hydrogens is 301 g/mol. The SMILES string of the molecule is CCCCCCCCCCCCCC(=O)N[C@@H](C)C(=O)OC.[NaH]. The second kappa shape index (κ2) is 18.3. The predicted octanol–water partition coefficient (Wildman–Crippen LogP) is 3.72. The van der Waals surface area contributed by atoms with E-state index >= 15 is 0 Å². The first-order chi connectivity index (χ1) is 10.6. The Labute approximate surface area is 164 Å². The van der Waals surface area contributed by atoms with Crippen LogP contribution in [0.5, 0.6) is 0 Å². The number of carbonyl (C=O) groups excluding carboxylic acids is 2. The van der Waals surface area contributed by atoms with Gasteiger partial charge in [0, 0.05) is 6.42 Å². The normalized spacial score (nSPS) is 11.4. The molecule has 0 aliphatic heterocycles. The molecule has 0 spiro atoms. The summed E-state index contributed by atoms with van der Waals surface area (Å²) in [5.74, 6) is -0.457. The first-order valence-electron chi connectivity index (χ1n) is 8.99. The summed E-state index contributed by atoms with van der Waals surface area (Å²) in [5, 5.41) is 2.65. The van der Waals surface area contributed by atoms with E-state index in [0.29, 0.717) is 6.42 Å². The van der Waals surface area contributed by atoms with Crippen molar-refractivity contribution in [3.63, 3.8) is 0 Å². The molecule has 5 heteroatoms. The molecule has 0 bridgehead atoms. The summed E-state index contributed by atoms with van der Waals surface area (Å²) in [6.07, 6.45) is 14.4. The molecule has 1 N–H and O–H groups in total. The number of ether oxygens (including phenoxy) is 1. The number of esters is 1. The first-order valence-corrected chi connectivity index (χ1v) is 8.99. The first kappa shape index (κ1) is 25.2. The fraction of sp³-hybridized carbons (Fsp3) is 0.889. The van der Waals surface area contributed by atoms with Crippen LogP contribution < -0.4 is 5.32 Å². The monoisotopic (exact) mass is 337 g/mol. The van der Waals surface area contributed by atoms with Crippen LogP contribution in [0, 0.1) is 0 Å². The molecule has 0 fully saturated rings. The summed E-state index contributed by atoms with van der Waals surface area (Å²) in [6.45, 7) is 3.89. The predicted molar refractivity (Wildman–Crippen MR) is 97.8 cm³/mol. The molecule has 0 aromatic heterocycles. The molecule has 1 atom stereocenters. The van der Waals surface area contributed by atoms with Crippen molar-refractivity contribution in [2.24, 2.45) is 0 Å². The van der Waals surface area contributed by atoms with Gasteiger partial charge in [-0.15, -0.1) is 0 Å². The van der Waals surface area contributed by atoms with E-state index in [1.165, 1.54) is 64.9 Å². The van der Waals surface area contributed by atoms with Crippen molar-refractivity contribution in [3.05, 3.63) is 0 Å². The quantitative estimate of drug-likeness (QED) is 0.299. The number of rotatable bonds is 14. The number of hydrogen-bond donors (Lipinski definition) is 1. The third kappa shape index (κ3) is 16.6. The van der Waals surface area contributed by atoms with Crippen LogP contribution >= 0.6 is 0 Å². The molecule has 0 rings (SSSR count). The molecule has 0 unspecified atom stereocenters. The van der Waals surface area contributed by atoms with Crippen molar-refractivity contribution >= 4 is 41.4 Å². The van der Waals surface area contributed by atoms with Gasteiger partial charge in [-0.25, -0.2) is 4.79 Å². The Morgan fingerprint density at radius 3 is 1.74 bits per heavy atom. The van der Waals surface area contributed by atoms with Gasteiger partial charge < -0.3 is 10.1 Å².